The summed E-state index contributed by atoms with van der Waals surface area (Å²) >= 11 is 0. The Hall–Kier alpha value is -4.70. The van der Waals surface area contributed by atoms with E-state index in [1.807, 2.05) is 54.1 Å². The van der Waals surface area contributed by atoms with Crippen molar-refractivity contribution in [2.24, 2.45) is 0 Å². The number of rotatable bonds is 1. The monoisotopic (exact) mass is 470 g/mol. The van der Waals surface area contributed by atoms with Crippen LogP contribution in [0.25, 0.3) is 27.8 Å². The molecule has 0 spiro atoms. The number of carbonyl (C=O) groups excluding carboxylic acids is 1. The summed E-state index contributed by atoms with van der Waals surface area (Å²) < 4.78 is 4.11. The summed E-state index contributed by atoms with van der Waals surface area (Å²) in [6, 6.07) is 22.5. The quantitative estimate of drug-likeness (QED) is 0.336. The van der Waals surface area contributed by atoms with Gasteiger partial charge >= 0.3 is 0 Å². The molecule has 174 valence electrons. The van der Waals surface area contributed by atoms with E-state index in [1.165, 1.54) is 5.56 Å². The van der Waals surface area contributed by atoms with Crippen LogP contribution in [0.1, 0.15) is 29.2 Å². The standard InChI is InChI=1S/C29H22N6O/c1-19-30-31-27-18-34-29(22-9-3-4-10-24(22)32-34)23-17-20(12-14-26(23)35(19)27)7-6-16-33-25-11-5-2-8-21(25)13-15-28(33)36/h2-5,8-12,14,17H,13,15-16,18H2,1H3. The summed E-state index contributed by atoms with van der Waals surface area (Å²) in [5, 5.41) is 14.7. The third-order valence-corrected chi connectivity index (χ3v) is 6.98. The molecule has 0 saturated carbocycles. The average molecular weight is 471 g/mol. The van der Waals surface area contributed by atoms with Gasteiger partial charge in [0.25, 0.3) is 0 Å². The summed E-state index contributed by atoms with van der Waals surface area (Å²) in [7, 11) is 0. The van der Waals surface area contributed by atoms with E-state index in [1.54, 1.807) is 4.90 Å². The second-order valence-corrected chi connectivity index (χ2v) is 9.16. The minimum absolute atomic E-state index is 0.121. The molecule has 0 N–H and O–H groups in total. The maximum absolute atomic E-state index is 12.6. The lowest BCUT2D eigenvalue weighted by Gasteiger charge is -2.27. The van der Waals surface area contributed by atoms with Crippen LogP contribution in [0.3, 0.4) is 0 Å². The number of aromatic nitrogens is 5. The van der Waals surface area contributed by atoms with Gasteiger partial charge < -0.3 is 4.90 Å². The van der Waals surface area contributed by atoms with E-state index < -0.39 is 0 Å². The van der Waals surface area contributed by atoms with Gasteiger partial charge in [-0.1, -0.05) is 48.2 Å². The van der Waals surface area contributed by atoms with Crippen molar-refractivity contribution in [1.29, 1.82) is 0 Å². The summed E-state index contributed by atoms with van der Waals surface area (Å²) in [5.41, 5.74) is 7.10. The van der Waals surface area contributed by atoms with Gasteiger partial charge in [0.1, 0.15) is 12.4 Å². The summed E-state index contributed by atoms with van der Waals surface area (Å²) in [4.78, 5) is 14.4. The zero-order valence-corrected chi connectivity index (χ0v) is 19.8. The molecular formula is C29H22N6O. The molecule has 7 heteroatoms. The molecule has 0 bridgehead atoms. The van der Waals surface area contributed by atoms with Crippen LogP contribution in [0.15, 0.2) is 66.7 Å². The van der Waals surface area contributed by atoms with Gasteiger partial charge in [-0.2, -0.15) is 5.10 Å². The molecule has 1 amide bonds. The normalized spacial score (nSPS) is 13.8. The SMILES string of the molecule is Cc1nnc2n1-c1ccc(C#CCN3C(=O)CCc4ccccc43)cc1-c1c3ccccc3nn1C2. The number of aryl methyl sites for hydroxylation is 2. The molecule has 3 aromatic carbocycles. The van der Waals surface area contributed by atoms with E-state index in [0.717, 1.165) is 57.2 Å². The maximum Gasteiger partial charge on any atom is 0.228 e. The second-order valence-electron chi connectivity index (χ2n) is 9.16. The van der Waals surface area contributed by atoms with Crippen LogP contribution >= 0.6 is 0 Å². The lowest BCUT2D eigenvalue weighted by atomic mass is 10.0. The zero-order valence-electron chi connectivity index (χ0n) is 19.8. The molecule has 0 aliphatic carbocycles. The lowest BCUT2D eigenvalue weighted by Crippen LogP contribution is -2.35. The molecule has 2 aliphatic heterocycles. The Labute approximate surface area is 208 Å². The number of fused-ring (bicyclic) bond motifs is 8. The Balaban J connectivity index is 1.32. The third kappa shape index (κ3) is 3.15. The van der Waals surface area contributed by atoms with E-state index >= 15 is 0 Å². The summed E-state index contributed by atoms with van der Waals surface area (Å²) in [6.45, 7) is 2.87. The van der Waals surface area contributed by atoms with Crippen molar-refractivity contribution in [2.75, 3.05) is 11.4 Å². The van der Waals surface area contributed by atoms with Crippen molar-refractivity contribution >= 4 is 22.5 Å². The fraction of sp³-hybridized carbons (Fsp3) is 0.172. The number of para-hydroxylation sites is 1. The number of amides is 1. The number of carbonyl (C=O) groups is 1. The average Bonchev–Trinajstić information content (AvgIpc) is 3.41. The first kappa shape index (κ1) is 20.7. The highest BCUT2D eigenvalue weighted by molar-refractivity contribution is 5.97. The van der Waals surface area contributed by atoms with Gasteiger partial charge in [-0.05, 0) is 49.2 Å². The molecule has 36 heavy (non-hydrogen) atoms. The predicted octanol–water partition coefficient (Wildman–Crippen LogP) is 4.29. The number of anilines is 1. The van der Waals surface area contributed by atoms with E-state index in [-0.39, 0.29) is 5.91 Å². The zero-order chi connectivity index (χ0) is 24.2. The van der Waals surface area contributed by atoms with Gasteiger partial charge in [0, 0.05) is 28.6 Å². The Morgan fingerprint density at radius 3 is 2.75 bits per heavy atom. The Morgan fingerprint density at radius 2 is 1.81 bits per heavy atom. The molecule has 0 radical (unpaired) electrons. The van der Waals surface area contributed by atoms with Gasteiger partial charge in [-0.3, -0.25) is 14.0 Å². The maximum atomic E-state index is 12.6. The molecular weight excluding hydrogens is 448 g/mol. The van der Waals surface area contributed by atoms with Gasteiger partial charge in [0.2, 0.25) is 5.91 Å². The number of benzene rings is 3. The van der Waals surface area contributed by atoms with Crippen LogP contribution < -0.4 is 4.90 Å². The van der Waals surface area contributed by atoms with Gasteiger partial charge in [-0.25, -0.2) is 0 Å². The lowest BCUT2D eigenvalue weighted by molar-refractivity contribution is -0.118. The number of hydrogen-bond donors (Lipinski definition) is 0. The molecule has 2 aliphatic rings. The van der Waals surface area contributed by atoms with Crippen LogP contribution in [-0.2, 0) is 17.8 Å². The highest BCUT2D eigenvalue weighted by atomic mass is 16.2. The van der Waals surface area contributed by atoms with Crippen LogP contribution in [0, 0.1) is 18.8 Å². The van der Waals surface area contributed by atoms with E-state index in [0.29, 0.717) is 19.5 Å². The van der Waals surface area contributed by atoms with E-state index in [4.69, 9.17) is 5.10 Å². The Kier molecular flexibility index (Phi) is 4.55. The summed E-state index contributed by atoms with van der Waals surface area (Å²) in [6.07, 6.45) is 1.31. The fourth-order valence-corrected chi connectivity index (χ4v) is 5.32. The third-order valence-electron chi connectivity index (χ3n) is 6.98. The topological polar surface area (TPSA) is 68.8 Å². The van der Waals surface area contributed by atoms with Crippen LogP contribution in [0.5, 0.6) is 0 Å². The minimum atomic E-state index is 0.121. The molecule has 0 atom stereocenters. The smallest absolute Gasteiger partial charge is 0.228 e. The van der Waals surface area contributed by atoms with Gasteiger partial charge in [0.05, 0.1) is 23.4 Å². The summed E-state index contributed by atoms with van der Waals surface area (Å²) in [5.74, 6) is 8.36. The Bertz CT molecular complexity index is 1750. The highest BCUT2D eigenvalue weighted by Gasteiger charge is 2.26. The first-order valence-corrected chi connectivity index (χ1v) is 12.1. The van der Waals surface area contributed by atoms with Crippen LogP contribution in [0.4, 0.5) is 5.69 Å². The van der Waals surface area contributed by atoms with Gasteiger partial charge in [-0.15, -0.1) is 10.2 Å². The second kappa shape index (κ2) is 7.92. The number of nitrogens with zero attached hydrogens (tertiary/aromatic N) is 6. The van der Waals surface area contributed by atoms with Crippen LogP contribution in [0.2, 0.25) is 0 Å². The Morgan fingerprint density at radius 1 is 0.944 bits per heavy atom. The molecule has 0 fully saturated rings. The molecule has 7 rings (SSSR count). The fourth-order valence-electron chi connectivity index (χ4n) is 5.32. The molecule has 0 unspecified atom stereocenters. The predicted molar refractivity (Wildman–Crippen MR) is 138 cm³/mol. The minimum Gasteiger partial charge on any atom is -0.300 e. The molecule has 5 aromatic rings. The molecule has 4 heterocycles. The van der Waals surface area contributed by atoms with Gasteiger partial charge in [0.15, 0.2) is 5.82 Å². The molecule has 2 aromatic heterocycles. The van der Waals surface area contributed by atoms with Crippen molar-refractivity contribution in [3.8, 4) is 28.8 Å². The van der Waals surface area contributed by atoms with E-state index in [9.17, 15) is 4.79 Å². The largest absolute Gasteiger partial charge is 0.300 e. The van der Waals surface area contributed by atoms with Crippen LogP contribution in [-0.4, -0.2) is 37.0 Å². The first-order valence-electron chi connectivity index (χ1n) is 12.1. The highest BCUT2D eigenvalue weighted by Crippen LogP contribution is 2.37. The molecule has 7 nitrogen and oxygen atoms in total. The van der Waals surface area contributed by atoms with Crippen molar-refractivity contribution < 1.29 is 4.79 Å². The van der Waals surface area contributed by atoms with Crippen molar-refractivity contribution in [3.05, 3.63) is 89.5 Å². The number of hydrogen-bond acceptors (Lipinski definition) is 4. The van der Waals surface area contributed by atoms with Crippen molar-refractivity contribution in [2.45, 2.75) is 26.3 Å². The van der Waals surface area contributed by atoms with Crippen molar-refractivity contribution in [3.63, 3.8) is 0 Å². The van der Waals surface area contributed by atoms with Crippen molar-refractivity contribution in [1.82, 2.24) is 24.5 Å². The van der Waals surface area contributed by atoms with E-state index in [2.05, 4.69) is 50.9 Å². The molecule has 0 saturated heterocycles. The first-order chi connectivity index (χ1) is 17.7.